The van der Waals surface area contributed by atoms with Crippen LogP contribution in [0.2, 0.25) is 0 Å². The van der Waals surface area contributed by atoms with Crippen LogP contribution in [0.25, 0.3) is 17.2 Å². The highest BCUT2D eigenvalue weighted by molar-refractivity contribution is 8.26. The molecule has 3 aromatic rings. The molecule has 0 atom stereocenters. The predicted octanol–water partition coefficient (Wildman–Crippen LogP) is 5.67. The van der Waals surface area contributed by atoms with Crippen LogP contribution in [-0.2, 0) is 4.79 Å². The Balaban J connectivity index is 1.39. The van der Waals surface area contributed by atoms with Gasteiger partial charge in [-0.3, -0.25) is 9.69 Å². The van der Waals surface area contributed by atoms with Crippen molar-refractivity contribution in [2.45, 2.75) is 0 Å². The van der Waals surface area contributed by atoms with Crippen LogP contribution < -0.4 is 4.74 Å². The second-order valence-corrected chi connectivity index (χ2v) is 9.50. The van der Waals surface area contributed by atoms with E-state index in [1.54, 1.807) is 24.3 Å². The number of thioether (sulfide) groups is 1. The van der Waals surface area contributed by atoms with Crippen LogP contribution in [0.1, 0.15) is 15.2 Å². The lowest BCUT2D eigenvalue weighted by Crippen LogP contribution is -2.32. The summed E-state index contributed by atoms with van der Waals surface area (Å²) in [4.78, 5) is 26.4. The molecule has 0 saturated carbocycles. The summed E-state index contributed by atoms with van der Waals surface area (Å²) >= 11 is 7.89. The lowest BCUT2D eigenvalue weighted by molar-refractivity contribution is -0.122. The van der Waals surface area contributed by atoms with E-state index in [9.17, 15) is 18.4 Å². The largest absolute Gasteiger partial charge is 0.492 e. The number of amides is 1. The van der Waals surface area contributed by atoms with Crippen molar-refractivity contribution in [1.82, 2.24) is 4.90 Å². The molecule has 1 fully saturated rings. The molecule has 1 aliphatic heterocycles. The van der Waals surface area contributed by atoms with Crippen molar-refractivity contribution in [3.05, 3.63) is 80.9 Å². The van der Waals surface area contributed by atoms with Crippen molar-refractivity contribution in [2.75, 3.05) is 13.2 Å². The molecule has 1 amide bonds. The van der Waals surface area contributed by atoms with Gasteiger partial charge < -0.3 is 9.84 Å². The molecule has 0 bridgehead atoms. The number of carbonyl (C=O) groups is 2. The van der Waals surface area contributed by atoms with E-state index in [-0.39, 0.29) is 24.6 Å². The number of halogens is 2. The van der Waals surface area contributed by atoms with Gasteiger partial charge in [0.15, 0.2) is 11.6 Å². The van der Waals surface area contributed by atoms with Crippen molar-refractivity contribution < 1.29 is 28.2 Å². The van der Waals surface area contributed by atoms with Crippen LogP contribution in [0, 0.1) is 11.6 Å². The second-order valence-electron chi connectivity index (χ2n) is 6.88. The van der Waals surface area contributed by atoms with Gasteiger partial charge in [0.25, 0.3) is 5.91 Å². The number of thiophene rings is 1. The molecule has 4 rings (SSSR count). The monoisotopic (exact) mass is 503 g/mol. The van der Waals surface area contributed by atoms with Gasteiger partial charge in [-0.25, -0.2) is 13.6 Å². The molecule has 5 nitrogen and oxygen atoms in total. The van der Waals surface area contributed by atoms with Crippen molar-refractivity contribution in [2.24, 2.45) is 0 Å². The van der Waals surface area contributed by atoms with E-state index in [2.05, 4.69) is 0 Å². The normalized spacial score (nSPS) is 14.8. The van der Waals surface area contributed by atoms with Gasteiger partial charge in [0, 0.05) is 4.88 Å². The Kier molecular flexibility index (Phi) is 6.87. The highest BCUT2D eigenvalue weighted by Gasteiger charge is 2.32. The number of carboxylic acids is 1. The number of ether oxygens (including phenoxy) is 1. The smallest absolute Gasteiger partial charge is 0.335 e. The first-order valence-electron chi connectivity index (χ1n) is 9.57. The number of nitrogens with zero attached hydrogens (tertiary/aromatic N) is 1. The number of carboxylic acid groups (broad SMARTS) is 1. The standard InChI is InChI=1S/C23H15F2NO4S3/c24-18-6-3-14(10-19(18)25)15-9-17(32-12-15)11-20-21(27)26(23(31)33-20)7-8-30-16-4-1-13(2-5-16)22(28)29/h1-6,9-12H,7-8H2,(H,28,29)/b20-11-. The Morgan fingerprint density at radius 3 is 2.55 bits per heavy atom. The fraction of sp³-hybridized carbons (Fsp3) is 0.0870. The van der Waals surface area contributed by atoms with Crippen LogP contribution in [0.3, 0.4) is 0 Å². The van der Waals surface area contributed by atoms with E-state index in [1.807, 2.05) is 5.38 Å². The molecule has 33 heavy (non-hydrogen) atoms. The van der Waals surface area contributed by atoms with E-state index in [4.69, 9.17) is 22.1 Å². The van der Waals surface area contributed by atoms with Crippen LogP contribution in [0.15, 0.2) is 58.8 Å². The maximum atomic E-state index is 13.5. The topological polar surface area (TPSA) is 66.8 Å². The second kappa shape index (κ2) is 9.82. The molecule has 2 aromatic carbocycles. The number of thiocarbonyl (C=S) groups is 1. The zero-order valence-corrected chi connectivity index (χ0v) is 19.2. The predicted molar refractivity (Wildman–Crippen MR) is 128 cm³/mol. The van der Waals surface area contributed by atoms with Gasteiger partial charge in [-0.2, -0.15) is 0 Å². The Morgan fingerprint density at radius 2 is 1.85 bits per heavy atom. The summed E-state index contributed by atoms with van der Waals surface area (Å²) in [6, 6.07) is 11.5. The van der Waals surface area contributed by atoms with Crippen LogP contribution in [0.5, 0.6) is 5.75 Å². The molecule has 168 valence electrons. The quantitative estimate of drug-likeness (QED) is 0.331. The van der Waals surface area contributed by atoms with Crippen molar-refractivity contribution >= 4 is 57.6 Å². The molecule has 1 N–H and O–H groups in total. The molecule has 0 radical (unpaired) electrons. The van der Waals surface area contributed by atoms with Gasteiger partial charge in [0.05, 0.1) is 17.0 Å². The number of carbonyl (C=O) groups excluding carboxylic acids is 1. The highest BCUT2D eigenvalue weighted by atomic mass is 32.2. The first-order valence-corrected chi connectivity index (χ1v) is 11.7. The Labute approximate surface area is 201 Å². The lowest BCUT2D eigenvalue weighted by Gasteiger charge is -2.15. The average molecular weight is 504 g/mol. The molecular weight excluding hydrogens is 488 g/mol. The lowest BCUT2D eigenvalue weighted by atomic mass is 10.1. The average Bonchev–Trinajstić information content (AvgIpc) is 3.36. The third-order valence-corrected chi connectivity index (χ3v) is 6.96. The molecular formula is C23H15F2NO4S3. The van der Waals surface area contributed by atoms with E-state index >= 15 is 0 Å². The SMILES string of the molecule is O=C(O)c1ccc(OCCN2C(=O)/C(=C/c3cc(-c4ccc(F)c(F)c4)cs3)SC2=S)cc1. The Bertz CT molecular complexity index is 1270. The Morgan fingerprint density at radius 1 is 1.09 bits per heavy atom. The number of rotatable bonds is 7. The van der Waals surface area contributed by atoms with Gasteiger partial charge in [0.1, 0.15) is 16.7 Å². The van der Waals surface area contributed by atoms with Crippen molar-refractivity contribution in [3.63, 3.8) is 0 Å². The molecule has 0 spiro atoms. The van der Waals surface area contributed by atoms with E-state index in [0.29, 0.717) is 20.5 Å². The van der Waals surface area contributed by atoms with Crippen molar-refractivity contribution in [1.29, 1.82) is 0 Å². The zero-order chi connectivity index (χ0) is 23.5. The van der Waals surface area contributed by atoms with Gasteiger partial charge in [-0.1, -0.05) is 30.0 Å². The fourth-order valence-corrected chi connectivity index (χ4v) is 5.25. The van der Waals surface area contributed by atoms with E-state index < -0.39 is 17.6 Å². The molecule has 1 aliphatic rings. The third-order valence-electron chi connectivity index (χ3n) is 4.70. The number of aromatic carboxylic acids is 1. The van der Waals surface area contributed by atoms with Crippen LogP contribution in [0.4, 0.5) is 8.78 Å². The first-order chi connectivity index (χ1) is 15.8. The summed E-state index contributed by atoms with van der Waals surface area (Å²) < 4.78 is 32.7. The van der Waals surface area contributed by atoms with Gasteiger partial charge in [-0.05, 0) is 65.0 Å². The van der Waals surface area contributed by atoms with Gasteiger partial charge in [0.2, 0.25) is 0 Å². The molecule has 0 unspecified atom stereocenters. The molecule has 0 aliphatic carbocycles. The minimum atomic E-state index is -1.02. The van der Waals surface area contributed by atoms with E-state index in [0.717, 1.165) is 22.6 Å². The number of hydrogen-bond acceptors (Lipinski definition) is 6. The van der Waals surface area contributed by atoms with Crippen LogP contribution >= 0.6 is 35.3 Å². The fourth-order valence-electron chi connectivity index (χ4n) is 3.03. The summed E-state index contributed by atoms with van der Waals surface area (Å²) in [6.07, 6.45) is 1.72. The number of benzene rings is 2. The third kappa shape index (κ3) is 5.29. The minimum Gasteiger partial charge on any atom is -0.492 e. The first kappa shape index (κ1) is 23.1. The summed E-state index contributed by atoms with van der Waals surface area (Å²) in [5.41, 5.74) is 1.43. The van der Waals surface area contributed by atoms with Crippen molar-refractivity contribution in [3.8, 4) is 16.9 Å². The van der Waals surface area contributed by atoms with E-state index in [1.165, 1.54) is 46.2 Å². The summed E-state index contributed by atoms with van der Waals surface area (Å²) in [5.74, 6) is -2.59. The minimum absolute atomic E-state index is 0.158. The van der Waals surface area contributed by atoms with Crippen LogP contribution in [-0.4, -0.2) is 39.4 Å². The number of hydrogen-bond donors (Lipinski definition) is 1. The summed E-state index contributed by atoms with van der Waals surface area (Å²) in [7, 11) is 0. The molecule has 10 heteroatoms. The van der Waals surface area contributed by atoms with Gasteiger partial charge in [-0.15, -0.1) is 11.3 Å². The Hall–Kier alpha value is -3.08. The van der Waals surface area contributed by atoms with Gasteiger partial charge >= 0.3 is 5.97 Å². The molecule has 1 aromatic heterocycles. The maximum Gasteiger partial charge on any atom is 0.335 e. The molecule has 1 saturated heterocycles. The summed E-state index contributed by atoms with van der Waals surface area (Å²) in [5, 5.41) is 10.7. The highest BCUT2D eigenvalue weighted by Crippen LogP contribution is 2.35. The zero-order valence-electron chi connectivity index (χ0n) is 16.8. The summed E-state index contributed by atoms with van der Waals surface area (Å²) in [6.45, 7) is 0.429. The molecule has 2 heterocycles. The maximum absolute atomic E-state index is 13.5.